The summed E-state index contributed by atoms with van der Waals surface area (Å²) >= 11 is 1.32. The average Bonchev–Trinajstić information content (AvgIpc) is 2.75. The molecule has 0 aromatic carbocycles. The Morgan fingerprint density at radius 2 is 2.05 bits per heavy atom. The summed E-state index contributed by atoms with van der Waals surface area (Å²) in [5, 5.41) is 0.545. The summed E-state index contributed by atoms with van der Waals surface area (Å²) in [7, 11) is 0. The molecule has 21 heavy (non-hydrogen) atoms. The van der Waals surface area contributed by atoms with Crippen molar-refractivity contribution < 1.29 is 4.79 Å². The number of likely N-dealkylation sites (tertiary alicyclic amines) is 1. The normalized spacial score (nSPS) is 22.7. The third-order valence-corrected chi connectivity index (χ3v) is 5.27. The van der Waals surface area contributed by atoms with Gasteiger partial charge in [0.05, 0.1) is 16.6 Å². The fourth-order valence-corrected chi connectivity index (χ4v) is 4.37. The van der Waals surface area contributed by atoms with Crippen LogP contribution in [0.3, 0.4) is 0 Å². The highest BCUT2D eigenvalue weighted by Crippen LogP contribution is 2.30. The van der Waals surface area contributed by atoms with Crippen molar-refractivity contribution in [2.75, 3.05) is 13.1 Å². The molecule has 2 atom stereocenters. The molecule has 3 heterocycles. The predicted octanol–water partition coefficient (Wildman–Crippen LogP) is 2.41. The highest BCUT2D eigenvalue weighted by molar-refractivity contribution is 7.20. The molecule has 1 aliphatic heterocycles. The van der Waals surface area contributed by atoms with E-state index in [0.717, 1.165) is 25.1 Å². The molecule has 5 nitrogen and oxygen atoms in total. The minimum Gasteiger partial charge on any atom is -0.337 e. The van der Waals surface area contributed by atoms with Crippen LogP contribution in [0.15, 0.2) is 11.1 Å². The summed E-state index contributed by atoms with van der Waals surface area (Å²) in [6.45, 7) is 7.78. The van der Waals surface area contributed by atoms with Gasteiger partial charge in [0, 0.05) is 13.1 Å². The first-order chi connectivity index (χ1) is 9.97. The number of aryl methyl sites for hydroxylation is 1. The van der Waals surface area contributed by atoms with Gasteiger partial charge in [0.25, 0.3) is 11.5 Å². The van der Waals surface area contributed by atoms with Gasteiger partial charge in [0.2, 0.25) is 0 Å². The van der Waals surface area contributed by atoms with Crippen LogP contribution in [0.2, 0.25) is 0 Å². The van der Waals surface area contributed by atoms with E-state index >= 15 is 0 Å². The maximum Gasteiger partial charge on any atom is 0.264 e. The summed E-state index contributed by atoms with van der Waals surface area (Å²) in [6, 6.07) is 0. The zero-order chi connectivity index (χ0) is 15.1. The lowest BCUT2D eigenvalue weighted by molar-refractivity contribution is 0.0627. The Labute approximate surface area is 127 Å². The quantitative estimate of drug-likeness (QED) is 0.880. The molecule has 1 aliphatic rings. The van der Waals surface area contributed by atoms with E-state index in [0.29, 0.717) is 26.9 Å². The monoisotopic (exact) mass is 305 g/mol. The molecule has 1 N–H and O–H groups in total. The van der Waals surface area contributed by atoms with Gasteiger partial charge in [-0.25, -0.2) is 4.98 Å². The molecular weight excluding hydrogens is 286 g/mol. The third-order valence-electron chi connectivity index (χ3n) is 4.08. The number of piperidine rings is 1. The molecular formula is C15H19N3O2S. The Balaban J connectivity index is 2.00. The molecule has 112 valence electrons. The van der Waals surface area contributed by atoms with Crippen molar-refractivity contribution in [1.29, 1.82) is 0 Å². The van der Waals surface area contributed by atoms with Crippen molar-refractivity contribution in [3.63, 3.8) is 0 Å². The smallest absolute Gasteiger partial charge is 0.264 e. The van der Waals surface area contributed by atoms with Crippen molar-refractivity contribution >= 4 is 27.5 Å². The Morgan fingerprint density at radius 1 is 1.38 bits per heavy atom. The molecule has 1 fully saturated rings. The highest BCUT2D eigenvalue weighted by Gasteiger charge is 2.28. The number of amides is 1. The number of rotatable bonds is 1. The van der Waals surface area contributed by atoms with E-state index in [-0.39, 0.29) is 11.5 Å². The topological polar surface area (TPSA) is 66.1 Å². The van der Waals surface area contributed by atoms with E-state index in [1.54, 1.807) is 0 Å². The van der Waals surface area contributed by atoms with Crippen LogP contribution in [0.4, 0.5) is 0 Å². The summed E-state index contributed by atoms with van der Waals surface area (Å²) < 4.78 is 0. The predicted molar refractivity (Wildman–Crippen MR) is 83.8 cm³/mol. The van der Waals surface area contributed by atoms with Crippen LogP contribution in [-0.4, -0.2) is 33.9 Å². The van der Waals surface area contributed by atoms with Gasteiger partial charge < -0.3 is 9.88 Å². The van der Waals surface area contributed by atoms with Crippen molar-refractivity contribution in [1.82, 2.24) is 14.9 Å². The highest BCUT2D eigenvalue weighted by atomic mass is 32.1. The van der Waals surface area contributed by atoms with Crippen LogP contribution in [0.1, 0.15) is 35.5 Å². The Kier molecular flexibility index (Phi) is 3.57. The molecule has 0 aliphatic carbocycles. The molecule has 3 rings (SSSR count). The summed E-state index contributed by atoms with van der Waals surface area (Å²) in [6.07, 6.45) is 2.55. The van der Waals surface area contributed by atoms with Crippen molar-refractivity contribution in [3.05, 3.63) is 27.1 Å². The largest absolute Gasteiger partial charge is 0.337 e. The van der Waals surface area contributed by atoms with Gasteiger partial charge in [-0.2, -0.15) is 0 Å². The van der Waals surface area contributed by atoms with Crippen molar-refractivity contribution in [3.8, 4) is 0 Å². The molecule has 0 radical (unpaired) electrons. The maximum absolute atomic E-state index is 12.8. The Morgan fingerprint density at radius 3 is 2.67 bits per heavy atom. The zero-order valence-electron chi connectivity index (χ0n) is 12.5. The second-order valence-electron chi connectivity index (χ2n) is 6.12. The molecule has 0 spiro atoms. The van der Waals surface area contributed by atoms with Crippen LogP contribution in [0.5, 0.6) is 0 Å². The van der Waals surface area contributed by atoms with Gasteiger partial charge in [-0.15, -0.1) is 11.3 Å². The van der Waals surface area contributed by atoms with E-state index in [2.05, 4.69) is 23.8 Å². The average molecular weight is 305 g/mol. The first kappa shape index (κ1) is 14.3. The Hall–Kier alpha value is -1.69. The number of hydrogen-bond acceptors (Lipinski definition) is 4. The van der Waals surface area contributed by atoms with Gasteiger partial charge in [-0.1, -0.05) is 13.8 Å². The van der Waals surface area contributed by atoms with Crippen LogP contribution in [0, 0.1) is 18.8 Å². The third kappa shape index (κ3) is 2.48. The van der Waals surface area contributed by atoms with Gasteiger partial charge in [0.15, 0.2) is 0 Å². The number of fused-ring (bicyclic) bond motifs is 1. The van der Waals surface area contributed by atoms with E-state index in [1.807, 2.05) is 11.8 Å². The number of nitrogens with one attached hydrogen (secondary N) is 1. The number of thiophene rings is 1. The molecule has 2 aromatic rings. The fraction of sp³-hybridized carbons (Fsp3) is 0.533. The van der Waals surface area contributed by atoms with Crippen LogP contribution < -0.4 is 5.56 Å². The number of aromatic nitrogens is 2. The van der Waals surface area contributed by atoms with Gasteiger partial charge in [-0.3, -0.25) is 9.59 Å². The first-order valence-electron chi connectivity index (χ1n) is 7.23. The number of carbonyl (C=O) groups is 1. The summed E-state index contributed by atoms with van der Waals surface area (Å²) in [5.41, 5.74) is 0.577. The lowest BCUT2D eigenvalue weighted by atomic mass is 9.92. The molecule has 2 unspecified atom stereocenters. The van der Waals surface area contributed by atoms with E-state index in [4.69, 9.17) is 0 Å². The lowest BCUT2D eigenvalue weighted by Gasteiger charge is -2.34. The molecule has 2 aromatic heterocycles. The summed E-state index contributed by atoms with van der Waals surface area (Å²) in [4.78, 5) is 34.6. The number of nitrogens with zero attached hydrogens (tertiary/aromatic N) is 2. The standard InChI is InChI=1S/C15H19N3O2S/c1-8-4-9(2)6-18(5-8)15(20)12-10(3)11-13(19)16-7-17-14(11)21-12/h7-9H,4-6H2,1-3H3,(H,16,17,19). The van der Waals surface area contributed by atoms with E-state index in [9.17, 15) is 9.59 Å². The minimum atomic E-state index is -0.173. The second-order valence-corrected chi connectivity index (χ2v) is 7.12. The fourth-order valence-electron chi connectivity index (χ4n) is 3.25. The van der Waals surface area contributed by atoms with Gasteiger partial charge in [-0.05, 0) is 30.7 Å². The van der Waals surface area contributed by atoms with Crippen LogP contribution >= 0.6 is 11.3 Å². The number of H-pyrrole nitrogens is 1. The van der Waals surface area contributed by atoms with Gasteiger partial charge in [0.1, 0.15) is 4.83 Å². The second kappa shape index (κ2) is 5.26. The molecule has 0 bridgehead atoms. The molecule has 1 amide bonds. The maximum atomic E-state index is 12.8. The van der Waals surface area contributed by atoms with Gasteiger partial charge >= 0.3 is 0 Å². The van der Waals surface area contributed by atoms with Crippen molar-refractivity contribution in [2.45, 2.75) is 27.2 Å². The molecule has 1 saturated heterocycles. The van der Waals surface area contributed by atoms with E-state index < -0.39 is 0 Å². The SMILES string of the molecule is Cc1c(C(=O)N2CC(C)CC(C)C2)sc2nc[nH]c(=O)c12. The molecule has 6 heteroatoms. The Bertz CT molecular complexity index is 739. The van der Waals surface area contributed by atoms with Crippen LogP contribution in [0.25, 0.3) is 10.2 Å². The van der Waals surface area contributed by atoms with Crippen LogP contribution in [-0.2, 0) is 0 Å². The van der Waals surface area contributed by atoms with E-state index in [1.165, 1.54) is 17.7 Å². The number of hydrogen-bond donors (Lipinski definition) is 1. The first-order valence-corrected chi connectivity index (χ1v) is 8.05. The van der Waals surface area contributed by atoms with Crippen molar-refractivity contribution in [2.24, 2.45) is 11.8 Å². The molecule has 0 saturated carbocycles. The minimum absolute atomic E-state index is 0.0355. The lowest BCUT2D eigenvalue weighted by Crippen LogP contribution is -2.42. The zero-order valence-corrected chi connectivity index (χ0v) is 13.3. The number of aromatic amines is 1. The number of carbonyl (C=O) groups excluding carboxylic acids is 1. The summed E-state index contributed by atoms with van der Waals surface area (Å²) in [5.74, 6) is 1.08.